The van der Waals surface area contributed by atoms with Crippen LogP contribution in [0, 0.1) is 13.8 Å². The standard InChI is InChI=1S/C7H8N4/c1-5-6(2)9-4-3-7(5)10-11-8/h3-4H,1-2H3. The zero-order chi connectivity index (χ0) is 8.27. The van der Waals surface area contributed by atoms with Crippen LogP contribution in [0.5, 0.6) is 0 Å². The van der Waals surface area contributed by atoms with Crippen molar-refractivity contribution in [3.63, 3.8) is 0 Å². The maximum absolute atomic E-state index is 8.17. The van der Waals surface area contributed by atoms with Gasteiger partial charge < -0.3 is 0 Å². The van der Waals surface area contributed by atoms with Crippen LogP contribution >= 0.6 is 0 Å². The van der Waals surface area contributed by atoms with Crippen LogP contribution in [0.1, 0.15) is 11.3 Å². The Hall–Kier alpha value is -1.54. The largest absolute Gasteiger partial charge is 0.261 e. The molecule has 4 nitrogen and oxygen atoms in total. The van der Waals surface area contributed by atoms with Crippen molar-refractivity contribution in [3.8, 4) is 0 Å². The highest BCUT2D eigenvalue weighted by molar-refractivity contribution is 5.45. The van der Waals surface area contributed by atoms with Crippen LogP contribution in [0.3, 0.4) is 0 Å². The minimum absolute atomic E-state index is 0.653. The summed E-state index contributed by atoms with van der Waals surface area (Å²) in [5.41, 5.74) is 10.7. The minimum atomic E-state index is 0.653. The molecule has 0 bridgehead atoms. The van der Waals surface area contributed by atoms with Crippen molar-refractivity contribution in [1.82, 2.24) is 4.98 Å². The van der Waals surface area contributed by atoms with Crippen molar-refractivity contribution in [3.05, 3.63) is 34.0 Å². The zero-order valence-electron chi connectivity index (χ0n) is 6.44. The summed E-state index contributed by atoms with van der Waals surface area (Å²) in [6.45, 7) is 3.76. The molecule has 0 aromatic carbocycles. The third-order valence-electron chi connectivity index (χ3n) is 1.58. The van der Waals surface area contributed by atoms with E-state index in [9.17, 15) is 0 Å². The second-order valence-corrected chi connectivity index (χ2v) is 2.23. The first-order chi connectivity index (χ1) is 5.25. The molecule has 1 aromatic heterocycles. The summed E-state index contributed by atoms with van der Waals surface area (Å²) in [4.78, 5) is 6.74. The van der Waals surface area contributed by atoms with E-state index in [0.717, 1.165) is 11.3 Å². The lowest BCUT2D eigenvalue weighted by molar-refractivity contribution is 1.14. The molecule has 0 atom stereocenters. The Balaban J connectivity index is 3.26. The topological polar surface area (TPSA) is 61.7 Å². The van der Waals surface area contributed by atoms with Crippen molar-refractivity contribution in [2.45, 2.75) is 13.8 Å². The molecule has 0 aliphatic carbocycles. The second kappa shape index (κ2) is 3.03. The molecule has 56 valence electrons. The fraction of sp³-hybridized carbons (Fsp3) is 0.286. The van der Waals surface area contributed by atoms with Gasteiger partial charge in [-0.05, 0) is 31.0 Å². The van der Waals surface area contributed by atoms with E-state index in [2.05, 4.69) is 15.0 Å². The molecule has 1 heterocycles. The molecule has 0 saturated heterocycles. The monoisotopic (exact) mass is 148 g/mol. The molecule has 0 spiro atoms. The summed E-state index contributed by atoms with van der Waals surface area (Å²) < 4.78 is 0. The minimum Gasteiger partial charge on any atom is -0.261 e. The number of aryl methyl sites for hydroxylation is 1. The number of pyridine rings is 1. The maximum Gasteiger partial charge on any atom is 0.0437 e. The Morgan fingerprint density at radius 3 is 2.91 bits per heavy atom. The Morgan fingerprint density at radius 1 is 1.55 bits per heavy atom. The molecule has 0 amide bonds. The fourth-order valence-electron chi connectivity index (χ4n) is 0.783. The van der Waals surface area contributed by atoms with Crippen molar-refractivity contribution in [2.75, 3.05) is 0 Å². The molecule has 1 aromatic rings. The van der Waals surface area contributed by atoms with Crippen molar-refractivity contribution >= 4 is 5.69 Å². The summed E-state index contributed by atoms with van der Waals surface area (Å²) >= 11 is 0. The van der Waals surface area contributed by atoms with E-state index < -0.39 is 0 Å². The van der Waals surface area contributed by atoms with E-state index >= 15 is 0 Å². The first-order valence-electron chi connectivity index (χ1n) is 3.23. The summed E-state index contributed by atoms with van der Waals surface area (Å²) in [5, 5.41) is 3.51. The van der Waals surface area contributed by atoms with Gasteiger partial charge in [0.15, 0.2) is 0 Å². The van der Waals surface area contributed by atoms with Crippen LogP contribution in [-0.4, -0.2) is 4.98 Å². The lowest BCUT2D eigenvalue weighted by atomic mass is 10.2. The van der Waals surface area contributed by atoms with Crippen LogP contribution in [0.4, 0.5) is 5.69 Å². The van der Waals surface area contributed by atoms with Crippen LogP contribution in [0.15, 0.2) is 17.4 Å². The molecule has 0 unspecified atom stereocenters. The summed E-state index contributed by atoms with van der Waals surface area (Å²) in [7, 11) is 0. The van der Waals surface area contributed by atoms with Crippen LogP contribution in [-0.2, 0) is 0 Å². The fourth-order valence-corrected chi connectivity index (χ4v) is 0.783. The predicted molar refractivity (Wildman–Crippen MR) is 42.5 cm³/mol. The van der Waals surface area contributed by atoms with E-state index in [4.69, 9.17) is 5.53 Å². The van der Waals surface area contributed by atoms with Crippen molar-refractivity contribution in [2.24, 2.45) is 5.11 Å². The van der Waals surface area contributed by atoms with Crippen LogP contribution in [0.2, 0.25) is 0 Å². The van der Waals surface area contributed by atoms with Crippen LogP contribution < -0.4 is 0 Å². The Kier molecular flexibility index (Phi) is 2.09. The number of hydrogen-bond acceptors (Lipinski definition) is 2. The molecule has 11 heavy (non-hydrogen) atoms. The normalized spacial score (nSPS) is 8.91. The van der Waals surface area contributed by atoms with E-state index in [-0.39, 0.29) is 0 Å². The lowest BCUT2D eigenvalue weighted by Crippen LogP contribution is -1.84. The van der Waals surface area contributed by atoms with Crippen LogP contribution in [0.25, 0.3) is 10.4 Å². The average molecular weight is 148 g/mol. The van der Waals surface area contributed by atoms with Gasteiger partial charge in [-0.15, -0.1) is 0 Å². The highest BCUT2D eigenvalue weighted by Gasteiger charge is 1.97. The number of hydrogen-bond donors (Lipinski definition) is 0. The average Bonchev–Trinajstić information content (AvgIpc) is 1.99. The van der Waals surface area contributed by atoms with E-state index in [0.29, 0.717) is 5.69 Å². The quantitative estimate of drug-likeness (QED) is 0.343. The predicted octanol–water partition coefficient (Wildman–Crippen LogP) is 2.64. The SMILES string of the molecule is Cc1nccc(N=[N+]=[N-])c1C. The number of azide groups is 1. The van der Waals surface area contributed by atoms with Gasteiger partial charge in [-0.2, -0.15) is 0 Å². The maximum atomic E-state index is 8.17. The van der Waals surface area contributed by atoms with Gasteiger partial charge >= 0.3 is 0 Å². The molecular formula is C7H8N4. The van der Waals surface area contributed by atoms with Gasteiger partial charge in [0.05, 0.1) is 0 Å². The number of nitrogens with zero attached hydrogens (tertiary/aromatic N) is 4. The van der Waals surface area contributed by atoms with Gasteiger partial charge in [0.2, 0.25) is 0 Å². The van der Waals surface area contributed by atoms with Gasteiger partial charge in [-0.1, -0.05) is 5.11 Å². The summed E-state index contributed by atoms with van der Waals surface area (Å²) in [5.74, 6) is 0. The lowest BCUT2D eigenvalue weighted by Gasteiger charge is -1.99. The first kappa shape index (κ1) is 7.57. The highest BCUT2D eigenvalue weighted by Crippen LogP contribution is 2.18. The molecule has 0 saturated carbocycles. The molecule has 0 aliphatic rings. The number of rotatable bonds is 1. The zero-order valence-corrected chi connectivity index (χ0v) is 6.44. The van der Waals surface area contributed by atoms with E-state index in [1.807, 2.05) is 13.8 Å². The van der Waals surface area contributed by atoms with E-state index in [1.54, 1.807) is 12.3 Å². The molecule has 0 fully saturated rings. The van der Waals surface area contributed by atoms with Gasteiger partial charge in [-0.25, -0.2) is 0 Å². The molecular weight excluding hydrogens is 140 g/mol. The van der Waals surface area contributed by atoms with Crippen molar-refractivity contribution < 1.29 is 0 Å². The third kappa shape index (κ3) is 1.48. The smallest absolute Gasteiger partial charge is 0.0437 e. The third-order valence-corrected chi connectivity index (χ3v) is 1.58. The van der Waals surface area contributed by atoms with Gasteiger partial charge in [0.25, 0.3) is 0 Å². The molecule has 0 N–H and O–H groups in total. The summed E-state index contributed by atoms with van der Waals surface area (Å²) in [6.07, 6.45) is 1.63. The Morgan fingerprint density at radius 2 is 2.27 bits per heavy atom. The molecule has 4 heteroatoms. The molecule has 0 aliphatic heterocycles. The highest BCUT2D eigenvalue weighted by atomic mass is 15.1. The van der Waals surface area contributed by atoms with Gasteiger partial charge in [0.1, 0.15) is 0 Å². The number of aromatic nitrogens is 1. The Labute approximate surface area is 64.5 Å². The summed E-state index contributed by atoms with van der Waals surface area (Å²) in [6, 6.07) is 1.70. The van der Waals surface area contributed by atoms with E-state index in [1.165, 1.54) is 0 Å². The first-order valence-corrected chi connectivity index (χ1v) is 3.23. The molecule has 1 rings (SSSR count). The Bertz CT molecular complexity index is 312. The van der Waals surface area contributed by atoms with Gasteiger partial charge in [0, 0.05) is 22.5 Å². The van der Waals surface area contributed by atoms with Crippen molar-refractivity contribution in [1.29, 1.82) is 0 Å². The second-order valence-electron chi connectivity index (χ2n) is 2.23. The van der Waals surface area contributed by atoms with Gasteiger partial charge in [-0.3, -0.25) is 4.98 Å². The molecule has 0 radical (unpaired) electrons.